The molecule has 3 rings (SSSR count). The van der Waals surface area contributed by atoms with Gasteiger partial charge in [0.25, 0.3) is 0 Å². The van der Waals surface area contributed by atoms with E-state index in [0.29, 0.717) is 0 Å². The smallest absolute Gasteiger partial charge is 0.0220 e. The molecule has 0 aromatic carbocycles. The molecule has 3 heteroatoms. The van der Waals surface area contributed by atoms with E-state index in [-0.39, 0.29) is 0 Å². The second kappa shape index (κ2) is 7.05. The lowest BCUT2D eigenvalue weighted by Crippen LogP contribution is -2.51. The van der Waals surface area contributed by atoms with Gasteiger partial charge in [-0.15, -0.1) is 0 Å². The first-order chi connectivity index (χ1) is 9.43. The maximum absolute atomic E-state index is 3.62. The van der Waals surface area contributed by atoms with Crippen LogP contribution in [-0.2, 0) is 0 Å². The molecule has 3 heterocycles. The molecule has 3 aliphatic heterocycles. The van der Waals surface area contributed by atoms with Gasteiger partial charge in [0.2, 0.25) is 0 Å². The highest BCUT2D eigenvalue weighted by molar-refractivity contribution is 4.86. The molecule has 0 aromatic heterocycles. The van der Waals surface area contributed by atoms with Crippen LogP contribution in [-0.4, -0.2) is 61.2 Å². The third kappa shape index (κ3) is 3.71. The van der Waals surface area contributed by atoms with Gasteiger partial charge in [-0.25, -0.2) is 0 Å². The van der Waals surface area contributed by atoms with Crippen molar-refractivity contribution in [3.63, 3.8) is 0 Å². The second-order valence-corrected chi connectivity index (χ2v) is 6.72. The van der Waals surface area contributed by atoms with Crippen molar-refractivity contribution < 1.29 is 0 Å². The molecule has 1 atom stereocenters. The molecule has 3 fully saturated rings. The molecule has 0 aromatic rings. The quantitative estimate of drug-likeness (QED) is 0.825. The molecule has 3 nitrogen and oxygen atoms in total. The molecule has 0 saturated carbocycles. The van der Waals surface area contributed by atoms with Crippen molar-refractivity contribution in [1.82, 2.24) is 15.1 Å². The first-order valence-electron chi connectivity index (χ1n) is 8.62. The van der Waals surface area contributed by atoms with Crippen LogP contribution in [0.4, 0.5) is 0 Å². The van der Waals surface area contributed by atoms with Gasteiger partial charge in [-0.05, 0) is 71.2 Å². The molecule has 19 heavy (non-hydrogen) atoms. The van der Waals surface area contributed by atoms with E-state index < -0.39 is 0 Å². The Bertz CT molecular complexity index is 247. The third-order valence-electron chi connectivity index (χ3n) is 5.44. The van der Waals surface area contributed by atoms with Crippen LogP contribution in [0.2, 0.25) is 0 Å². The van der Waals surface area contributed by atoms with E-state index in [0.717, 1.165) is 12.1 Å². The molecule has 110 valence electrons. The normalized spacial score (nSPS) is 33.2. The molecule has 0 aliphatic carbocycles. The Labute approximate surface area is 118 Å². The van der Waals surface area contributed by atoms with E-state index in [4.69, 9.17) is 0 Å². The summed E-state index contributed by atoms with van der Waals surface area (Å²) in [7, 11) is 0. The van der Waals surface area contributed by atoms with Gasteiger partial charge in [-0.3, -0.25) is 4.90 Å². The zero-order chi connectivity index (χ0) is 12.9. The van der Waals surface area contributed by atoms with Crippen LogP contribution in [0.3, 0.4) is 0 Å². The van der Waals surface area contributed by atoms with Crippen molar-refractivity contribution in [3.05, 3.63) is 0 Å². The largest absolute Gasteiger partial charge is 0.315 e. The Balaban J connectivity index is 1.45. The van der Waals surface area contributed by atoms with Gasteiger partial charge in [0, 0.05) is 18.6 Å². The lowest BCUT2D eigenvalue weighted by molar-refractivity contribution is 0.0707. The Morgan fingerprint density at radius 3 is 2.16 bits per heavy atom. The van der Waals surface area contributed by atoms with Crippen LogP contribution in [0.25, 0.3) is 0 Å². The summed E-state index contributed by atoms with van der Waals surface area (Å²) in [4.78, 5) is 5.56. The van der Waals surface area contributed by atoms with Gasteiger partial charge in [0.15, 0.2) is 0 Å². The number of piperidine rings is 2. The molecule has 3 aliphatic rings. The lowest BCUT2D eigenvalue weighted by atomic mass is 9.98. The minimum absolute atomic E-state index is 0.824. The van der Waals surface area contributed by atoms with Crippen molar-refractivity contribution in [2.24, 2.45) is 0 Å². The van der Waals surface area contributed by atoms with Gasteiger partial charge >= 0.3 is 0 Å². The van der Waals surface area contributed by atoms with Gasteiger partial charge in [-0.1, -0.05) is 12.8 Å². The average Bonchev–Trinajstić information content (AvgIpc) is 2.77. The number of hydrogen-bond acceptors (Lipinski definition) is 3. The van der Waals surface area contributed by atoms with Crippen molar-refractivity contribution in [3.8, 4) is 0 Å². The fourth-order valence-electron chi connectivity index (χ4n) is 4.21. The first kappa shape index (κ1) is 13.8. The standard InChI is InChI=1S/C16H31N3/c1-4-10-18(11-5-1)15-7-12-19(13-8-15)16-6-2-3-9-17-14-16/h15-17H,1-14H2. The molecule has 0 spiro atoms. The van der Waals surface area contributed by atoms with E-state index >= 15 is 0 Å². The highest BCUT2D eigenvalue weighted by Gasteiger charge is 2.28. The van der Waals surface area contributed by atoms with Gasteiger partial charge in [0.05, 0.1) is 0 Å². The summed E-state index contributed by atoms with van der Waals surface area (Å²) in [6.07, 6.45) is 11.4. The summed E-state index contributed by atoms with van der Waals surface area (Å²) in [5.74, 6) is 0. The maximum atomic E-state index is 3.62. The zero-order valence-electron chi connectivity index (χ0n) is 12.4. The van der Waals surface area contributed by atoms with Crippen LogP contribution in [0, 0.1) is 0 Å². The third-order valence-corrected chi connectivity index (χ3v) is 5.44. The summed E-state index contributed by atoms with van der Waals surface area (Å²) in [5.41, 5.74) is 0. The second-order valence-electron chi connectivity index (χ2n) is 6.72. The summed E-state index contributed by atoms with van der Waals surface area (Å²) in [6.45, 7) is 7.89. The Kier molecular flexibility index (Phi) is 5.14. The molecular weight excluding hydrogens is 234 g/mol. The Hall–Kier alpha value is -0.120. The summed E-state index contributed by atoms with van der Waals surface area (Å²) < 4.78 is 0. The average molecular weight is 265 g/mol. The summed E-state index contributed by atoms with van der Waals surface area (Å²) in [5, 5.41) is 3.62. The van der Waals surface area contributed by atoms with Gasteiger partial charge in [0.1, 0.15) is 0 Å². The summed E-state index contributed by atoms with van der Waals surface area (Å²) >= 11 is 0. The molecule has 0 bridgehead atoms. The number of rotatable bonds is 2. The molecule has 1 N–H and O–H groups in total. The van der Waals surface area contributed by atoms with E-state index in [1.165, 1.54) is 90.6 Å². The molecule has 0 amide bonds. The van der Waals surface area contributed by atoms with Crippen molar-refractivity contribution in [1.29, 1.82) is 0 Å². The van der Waals surface area contributed by atoms with Crippen LogP contribution in [0.15, 0.2) is 0 Å². The monoisotopic (exact) mass is 265 g/mol. The molecule has 1 unspecified atom stereocenters. The fourth-order valence-corrected chi connectivity index (χ4v) is 4.21. The highest BCUT2D eigenvalue weighted by Crippen LogP contribution is 2.23. The highest BCUT2D eigenvalue weighted by atomic mass is 15.2. The number of likely N-dealkylation sites (tertiary alicyclic amines) is 2. The minimum atomic E-state index is 0.824. The van der Waals surface area contributed by atoms with Crippen molar-refractivity contribution in [2.75, 3.05) is 39.3 Å². The summed E-state index contributed by atoms with van der Waals surface area (Å²) in [6, 6.07) is 1.72. The molecule has 0 radical (unpaired) electrons. The van der Waals surface area contributed by atoms with E-state index in [2.05, 4.69) is 15.1 Å². The predicted molar refractivity (Wildman–Crippen MR) is 80.5 cm³/mol. The first-order valence-corrected chi connectivity index (χ1v) is 8.62. The van der Waals surface area contributed by atoms with Gasteiger partial charge in [-0.2, -0.15) is 0 Å². The van der Waals surface area contributed by atoms with Crippen LogP contribution in [0.1, 0.15) is 51.4 Å². The minimum Gasteiger partial charge on any atom is -0.315 e. The predicted octanol–water partition coefficient (Wildman–Crippen LogP) is 2.08. The van der Waals surface area contributed by atoms with Crippen LogP contribution >= 0.6 is 0 Å². The van der Waals surface area contributed by atoms with Crippen LogP contribution in [0.5, 0.6) is 0 Å². The maximum Gasteiger partial charge on any atom is 0.0220 e. The molecular formula is C16H31N3. The zero-order valence-corrected chi connectivity index (χ0v) is 12.4. The van der Waals surface area contributed by atoms with Gasteiger partial charge < -0.3 is 10.2 Å². The van der Waals surface area contributed by atoms with E-state index in [9.17, 15) is 0 Å². The van der Waals surface area contributed by atoms with Crippen molar-refractivity contribution in [2.45, 2.75) is 63.5 Å². The fraction of sp³-hybridized carbons (Fsp3) is 1.00. The van der Waals surface area contributed by atoms with E-state index in [1.54, 1.807) is 0 Å². The van der Waals surface area contributed by atoms with Crippen LogP contribution < -0.4 is 5.32 Å². The lowest BCUT2D eigenvalue weighted by Gasteiger charge is -2.42. The number of hydrogen-bond donors (Lipinski definition) is 1. The topological polar surface area (TPSA) is 18.5 Å². The van der Waals surface area contributed by atoms with E-state index in [1.807, 2.05) is 0 Å². The Morgan fingerprint density at radius 2 is 1.37 bits per heavy atom. The molecule has 3 saturated heterocycles. The Morgan fingerprint density at radius 1 is 0.632 bits per heavy atom. The SMILES string of the molecule is C1CCN(C2CCN(C3CCCCNC3)CC2)CC1. The van der Waals surface area contributed by atoms with Crippen molar-refractivity contribution >= 4 is 0 Å². The number of nitrogens with one attached hydrogen (secondary N) is 1. The number of nitrogens with zero attached hydrogens (tertiary/aromatic N) is 2.